The molecule has 0 spiro atoms. The maximum absolute atomic E-state index is 12.1. The van der Waals surface area contributed by atoms with Crippen LogP contribution < -0.4 is 10.5 Å². The SMILES string of the molecule is CC(NS(=O)(=O)c1cn(C)nc1N)c1ccsc1. The summed E-state index contributed by atoms with van der Waals surface area (Å²) in [6.45, 7) is 1.78. The van der Waals surface area contributed by atoms with Gasteiger partial charge in [-0.2, -0.15) is 16.4 Å². The fraction of sp³-hybridized carbons (Fsp3) is 0.300. The third kappa shape index (κ3) is 2.55. The van der Waals surface area contributed by atoms with Crippen molar-refractivity contribution in [2.45, 2.75) is 17.9 Å². The first-order chi connectivity index (χ1) is 8.40. The Morgan fingerprint density at radius 3 is 2.78 bits per heavy atom. The highest BCUT2D eigenvalue weighted by molar-refractivity contribution is 7.89. The van der Waals surface area contributed by atoms with Crippen LogP contribution in [0.15, 0.2) is 27.9 Å². The molecular formula is C10H14N4O2S2. The molecular weight excluding hydrogens is 272 g/mol. The van der Waals surface area contributed by atoms with E-state index in [1.165, 1.54) is 22.2 Å². The monoisotopic (exact) mass is 286 g/mol. The number of aromatic nitrogens is 2. The molecule has 0 bridgehead atoms. The predicted molar refractivity (Wildman–Crippen MR) is 70.7 cm³/mol. The summed E-state index contributed by atoms with van der Waals surface area (Å²) < 4.78 is 28.2. The second kappa shape index (κ2) is 4.71. The van der Waals surface area contributed by atoms with Crippen molar-refractivity contribution in [3.05, 3.63) is 28.6 Å². The largest absolute Gasteiger partial charge is 0.381 e. The van der Waals surface area contributed by atoms with Gasteiger partial charge < -0.3 is 5.73 Å². The highest BCUT2D eigenvalue weighted by Gasteiger charge is 2.23. The van der Waals surface area contributed by atoms with Crippen LogP contribution in [-0.2, 0) is 17.1 Å². The Balaban J connectivity index is 2.25. The quantitative estimate of drug-likeness (QED) is 0.880. The van der Waals surface area contributed by atoms with Gasteiger partial charge in [-0.15, -0.1) is 0 Å². The molecule has 3 N–H and O–H groups in total. The van der Waals surface area contributed by atoms with Gasteiger partial charge in [0.2, 0.25) is 10.0 Å². The van der Waals surface area contributed by atoms with Gasteiger partial charge in [0, 0.05) is 19.3 Å². The number of anilines is 1. The van der Waals surface area contributed by atoms with Crippen LogP contribution in [0.3, 0.4) is 0 Å². The number of hydrogen-bond acceptors (Lipinski definition) is 5. The molecule has 0 fully saturated rings. The van der Waals surface area contributed by atoms with Crippen molar-refractivity contribution in [3.63, 3.8) is 0 Å². The minimum atomic E-state index is -3.65. The van der Waals surface area contributed by atoms with Crippen LogP contribution in [0.2, 0.25) is 0 Å². The molecule has 2 heterocycles. The summed E-state index contributed by atoms with van der Waals surface area (Å²) in [5.41, 5.74) is 6.50. The number of sulfonamides is 1. The van der Waals surface area contributed by atoms with Crippen LogP contribution in [0.1, 0.15) is 18.5 Å². The number of nitrogens with two attached hydrogens (primary N) is 1. The van der Waals surface area contributed by atoms with E-state index in [9.17, 15) is 8.42 Å². The van der Waals surface area contributed by atoms with Crippen molar-refractivity contribution in [2.24, 2.45) is 7.05 Å². The zero-order valence-corrected chi connectivity index (χ0v) is 11.6. The van der Waals surface area contributed by atoms with Crippen LogP contribution >= 0.6 is 11.3 Å². The molecule has 0 radical (unpaired) electrons. The highest BCUT2D eigenvalue weighted by Crippen LogP contribution is 2.21. The van der Waals surface area contributed by atoms with Crippen molar-refractivity contribution in [2.75, 3.05) is 5.73 Å². The second-order valence-electron chi connectivity index (χ2n) is 3.95. The van der Waals surface area contributed by atoms with Gasteiger partial charge in [-0.25, -0.2) is 13.1 Å². The van der Waals surface area contributed by atoms with E-state index < -0.39 is 10.0 Å². The van der Waals surface area contributed by atoms with E-state index in [0.717, 1.165) is 5.56 Å². The maximum atomic E-state index is 12.1. The van der Waals surface area contributed by atoms with Crippen LogP contribution in [-0.4, -0.2) is 18.2 Å². The van der Waals surface area contributed by atoms with Crippen molar-refractivity contribution in [1.82, 2.24) is 14.5 Å². The number of thiophene rings is 1. The Labute approximate surface area is 109 Å². The third-order valence-corrected chi connectivity index (χ3v) is 4.75. The molecule has 1 unspecified atom stereocenters. The van der Waals surface area contributed by atoms with Gasteiger partial charge in [0.25, 0.3) is 0 Å². The van der Waals surface area contributed by atoms with Gasteiger partial charge in [0.05, 0.1) is 0 Å². The normalized spacial score (nSPS) is 13.7. The summed E-state index contributed by atoms with van der Waals surface area (Å²) in [5, 5.41) is 7.63. The van der Waals surface area contributed by atoms with Crippen molar-refractivity contribution in [1.29, 1.82) is 0 Å². The zero-order valence-electron chi connectivity index (χ0n) is 9.99. The Hall–Kier alpha value is -1.38. The lowest BCUT2D eigenvalue weighted by Gasteiger charge is -2.12. The Morgan fingerprint density at radius 1 is 1.56 bits per heavy atom. The van der Waals surface area contributed by atoms with E-state index in [0.29, 0.717) is 0 Å². The average Bonchev–Trinajstić information content (AvgIpc) is 2.86. The van der Waals surface area contributed by atoms with E-state index in [2.05, 4.69) is 9.82 Å². The molecule has 0 aromatic carbocycles. The van der Waals surface area contributed by atoms with Gasteiger partial charge in [-0.05, 0) is 29.3 Å². The van der Waals surface area contributed by atoms with Crippen molar-refractivity contribution < 1.29 is 8.42 Å². The fourth-order valence-corrected chi connectivity index (χ4v) is 3.67. The molecule has 1 atom stereocenters. The number of rotatable bonds is 4. The van der Waals surface area contributed by atoms with Gasteiger partial charge in [0.1, 0.15) is 4.90 Å². The molecule has 98 valence electrons. The number of aryl methyl sites for hydroxylation is 1. The summed E-state index contributed by atoms with van der Waals surface area (Å²) in [4.78, 5) is 0.00656. The van der Waals surface area contributed by atoms with Gasteiger partial charge in [-0.1, -0.05) is 0 Å². The zero-order chi connectivity index (χ0) is 13.3. The van der Waals surface area contributed by atoms with Crippen molar-refractivity contribution >= 4 is 27.2 Å². The standard InChI is InChI=1S/C10H14N4O2S2/c1-7(8-3-4-17-6-8)13-18(15,16)9-5-14(2)12-10(9)11/h3-7,13H,1-2H3,(H2,11,12). The predicted octanol–water partition coefficient (Wildman–Crippen LogP) is 1.10. The molecule has 0 saturated carbocycles. The third-order valence-electron chi connectivity index (χ3n) is 2.49. The van der Waals surface area contributed by atoms with E-state index in [-0.39, 0.29) is 16.8 Å². The topological polar surface area (TPSA) is 90.0 Å². The molecule has 8 heteroatoms. The lowest BCUT2D eigenvalue weighted by atomic mass is 10.2. The molecule has 0 aliphatic heterocycles. The first kappa shape index (κ1) is 13.1. The van der Waals surface area contributed by atoms with Gasteiger partial charge >= 0.3 is 0 Å². The van der Waals surface area contributed by atoms with Crippen molar-refractivity contribution in [3.8, 4) is 0 Å². The molecule has 2 aromatic rings. The molecule has 2 aromatic heterocycles. The van der Waals surface area contributed by atoms with Crippen LogP contribution in [0.4, 0.5) is 5.82 Å². The molecule has 0 amide bonds. The number of hydrogen-bond donors (Lipinski definition) is 2. The lowest BCUT2D eigenvalue weighted by molar-refractivity contribution is 0.567. The molecule has 0 aliphatic rings. The van der Waals surface area contributed by atoms with Gasteiger partial charge in [-0.3, -0.25) is 4.68 Å². The molecule has 0 saturated heterocycles. The summed E-state index contributed by atoms with van der Waals surface area (Å²) >= 11 is 1.52. The minimum absolute atomic E-state index is 0.00233. The summed E-state index contributed by atoms with van der Waals surface area (Å²) in [6.07, 6.45) is 1.39. The summed E-state index contributed by atoms with van der Waals surface area (Å²) in [7, 11) is -2.03. The van der Waals surface area contributed by atoms with E-state index >= 15 is 0 Å². The number of nitrogen functional groups attached to an aromatic ring is 1. The molecule has 18 heavy (non-hydrogen) atoms. The van der Waals surface area contributed by atoms with E-state index in [1.54, 1.807) is 14.0 Å². The molecule has 0 aliphatic carbocycles. The Morgan fingerprint density at radius 2 is 2.28 bits per heavy atom. The van der Waals surface area contributed by atoms with Gasteiger partial charge in [0.15, 0.2) is 5.82 Å². The van der Waals surface area contributed by atoms with Crippen LogP contribution in [0.25, 0.3) is 0 Å². The maximum Gasteiger partial charge on any atom is 0.246 e. The first-order valence-corrected chi connectivity index (χ1v) is 7.66. The number of nitrogens with zero attached hydrogens (tertiary/aromatic N) is 2. The molecule has 6 nitrogen and oxygen atoms in total. The Bertz CT molecular complexity index is 631. The van der Waals surface area contributed by atoms with E-state index in [1.807, 2.05) is 16.8 Å². The first-order valence-electron chi connectivity index (χ1n) is 5.23. The minimum Gasteiger partial charge on any atom is -0.381 e. The average molecular weight is 286 g/mol. The Kier molecular flexibility index (Phi) is 3.42. The smallest absolute Gasteiger partial charge is 0.246 e. The highest BCUT2D eigenvalue weighted by atomic mass is 32.2. The summed E-state index contributed by atoms with van der Waals surface area (Å²) in [6, 6.07) is 1.57. The van der Waals surface area contributed by atoms with Crippen LogP contribution in [0.5, 0.6) is 0 Å². The van der Waals surface area contributed by atoms with E-state index in [4.69, 9.17) is 5.73 Å². The molecule has 2 rings (SSSR count). The summed E-state index contributed by atoms with van der Waals surface area (Å²) in [5.74, 6) is 0.00233. The number of nitrogens with one attached hydrogen (secondary N) is 1. The lowest BCUT2D eigenvalue weighted by Crippen LogP contribution is -2.27. The second-order valence-corrected chi connectivity index (χ2v) is 6.41. The van der Waals surface area contributed by atoms with Crippen LogP contribution in [0, 0.1) is 0 Å². The fourth-order valence-electron chi connectivity index (χ4n) is 1.58.